The quantitative estimate of drug-likeness (QED) is 0.906. The van der Waals surface area contributed by atoms with Gasteiger partial charge in [0.25, 0.3) is 5.91 Å². The molecule has 19 heavy (non-hydrogen) atoms. The predicted molar refractivity (Wildman–Crippen MR) is 77.4 cm³/mol. The van der Waals surface area contributed by atoms with Crippen LogP contribution in [0.4, 0.5) is 5.69 Å². The maximum absolute atomic E-state index is 12.5. The highest BCUT2D eigenvalue weighted by Gasteiger charge is 2.36. The van der Waals surface area contributed by atoms with E-state index in [9.17, 15) is 4.79 Å². The monoisotopic (exact) mass is 261 g/mol. The van der Waals surface area contributed by atoms with Gasteiger partial charge in [0.2, 0.25) is 0 Å². The molecule has 0 unspecified atom stereocenters. The Hall–Kier alpha value is -1.58. The normalized spacial score (nSPS) is 17.5. The largest absolute Gasteiger partial charge is 0.385 e. The first-order valence-corrected chi connectivity index (χ1v) is 7.06. The third-order valence-corrected chi connectivity index (χ3v) is 3.70. The molecule has 1 aromatic rings. The SMILES string of the molecule is CCCNc1ccnc(C(=O)N2CCCC2(C)C)c1. The maximum Gasteiger partial charge on any atom is 0.272 e. The number of rotatable bonds is 4. The summed E-state index contributed by atoms with van der Waals surface area (Å²) >= 11 is 0. The van der Waals surface area contributed by atoms with Crippen LogP contribution in [0.1, 0.15) is 50.5 Å². The van der Waals surface area contributed by atoms with E-state index in [1.165, 1.54) is 0 Å². The van der Waals surface area contributed by atoms with Gasteiger partial charge in [-0.05, 0) is 45.2 Å². The number of nitrogens with one attached hydrogen (secondary N) is 1. The molecular weight excluding hydrogens is 238 g/mol. The van der Waals surface area contributed by atoms with Crippen LogP contribution in [0.2, 0.25) is 0 Å². The second kappa shape index (κ2) is 5.59. The molecule has 0 spiro atoms. The molecule has 1 aromatic heterocycles. The van der Waals surface area contributed by atoms with Gasteiger partial charge in [-0.25, -0.2) is 0 Å². The van der Waals surface area contributed by atoms with Crippen LogP contribution in [0.25, 0.3) is 0 Å². The van der Waals surface area contributed by atoms with Crippen molar-refractivity contribution in [3.8, 4) is 0 Å². The van der Waals surface area contributed by atoms with E-state index in [1.807, 2.05) is 17.0 Å². The summed E-state index contributed by atoms with van der Waals surface area (Å²) < 4.78 is 0. The number of likely N-dealkylation sites (tertiary alicyclic amines) is 1. The Balaban J connectivity index is 2.15. The highest BCUT2D eigenvalue weighted by Crippen LogP contribution is 2.29. The zero-order chi connectivity index (χ0) is 13.9. The van der Waals surface area contributed by atoms with Gasteiger partial charge in [0, 0.05) is 30.5 Å². The first-order chi connectivity index (χ1) is 9.04. The lowest BCUT2D eigenvalue weighted by Crippen LogP contribution is -2.42. The van der Waals surface area contributed by atoms with Crippen molar-refractivity contribution in [3.63, 3.8) is 0 Å². The van der Waals surface area contributed by atoms with Crippen molar-refractivity contribution in [2.75, 3.05) is 18.4 Å². The van der Waals surface area contributed by atoms with E-state index in [1.54, 1.807) is 6.20 Å². The molecule has 1 amide bonds. The fourth-order valence-electron chi connectivity index (χ4n) is 2.55. The lowest BCUT2D eigenvalue weighted by atomic mass is 10.0. The minimum atomic E-state index is -0.0500. The van der Waals surface area contributed by atoms with Crippen molar-refractivity contribution in [2.24, 2.45) is 0 Å². The molecule has 1 N–H and O–H groups in total. The zero-order valence-electron chi connectivity index (χ0n) is 12.1. The van der Waals surface area contributed by atoms with Crippen molar-refractivity contribution >= 4 is 11.6 Å². The van der Waals surface area contributed by atoms with Gasteiger partial charge in [-0.2, -0.15) is 0 Å². The van der Waals surface area contributed by atoms with Gasteiger partial charge in [0.1, 0.15) is 5.69 Å². The Morgan fingerprint density at radius 3 is 2.95 bits per heavy atom. The van der Waals surface area contributed by atoms with Crippen molar-refractivity contribution in [3.05, 3.63) is 24.0 Å². The fraction of sp³-hybridized carbons (Fsp3) is 0.600. The molecule has 1 aliphatic rings. The highest BCUT2D eigenvalue weighted by atomic mass is 16.2. The van der Waals surface area contributed by atoms with E-state index in [-0.39, 0.29) is 11.4 Å². The number of pyridine rings is 1. The van der Waals surface area contributed by atoms with Gasteiger partial charge in [0.05, 0.1) is 0 Å². The van der Waals surface area contributed by atoms with Gasteiger partial charge in [-0.15, -0.1) is 0 Å². The molecule has 104 valence electrons. The molecule has 0 aliphatic carbocycles. The second-order valence-corrected chi connectivity index (χ2v) is 5.73. The molecule has 0 radical (unpaired) electrons. The zero-order valence-corrected chi connectivity index (χ0v) is 12.1. The molecule has 0 atom stereocenters. The topological polar surface area (TPSA) is 45.2 Å². The number of hydrogen-bond donors (Lipinski definition) is 1. The van der Waals surface area contributed by atoms with Crippen LogP contribution < -0.4 is 5.32 Å². The molecule has 0 aromatic carbocycles. The third-order valence-electron chi connectivity index (χ3n) is 3.70. The van der Waals surface area contributed by atoms with Crippen molar-refractivity contribution in [1.82, 2.24) is 9.88 Å². The van der Waals surface area contributed by atoms with Crippen molar-refractivity contribution in [1.29, 1.82) is 0 Å². The molecule has 0 bridgehead atoms. The molecule has 4 nitrogen and oxygen atoms in total. The number of aromatic nitrogens is 1. The van der Waals surface area contributed by atoms with Crippen LogP contribution in [0, 0.1) is 0 Å². The van der Waals surface area contributed by atoms with E-state index in [4.69, 9.17) is 0 Å². The van der Waals surface area contributed by atoms with Gasteiger partial charge in [-0.1, -0.05) is 6.92 Å². The van der Waals surface area contributed by atoms with E-state index in [0.29, 0.717) is 5.69 Å². The average molecular weight is 261 g/mol. The number of carbonyl (C=O) groups excluding carboxylic acids is 1. The lowest BCUT2D eigenvalue weighted by molar-refractivity contribution is 0.0646. The minimum Gasteiger partial charge on any atom is -0.385 e. The average Bonchev–Trinajstić information content (AvgIpc) is 2.75. The fourth-order valence-corrected chi connectivity index (χ4v) is 2.55. The summed E-state index contributed by atoms with van der Waals surface area (Å²) in [6.45, 7) is 8.11. The lowest BCUT2D eigenvalue weighted by Gasteiger charge is -2.31. The molecule has 4 heteroatoms. The Labute approximate surface area is 115 Å². The van der Waals surface area contributed by atoms with Gasteiger partial charge in [0.15, 0.2) is 0 Å². The highest BCUT2D eigenvalue weighted by molar-refractivity contribution is 5.93. The van der Waals surface area contributed by atoms with E-state index in [0.717, 1.165) is 38.0 Å². The van der Waals surface area contributed by atoms with Crippen molar-refractivity contribution in [2.45, 2.75) is 45.6 Å². The van der Waals surface area contributed by atoms with Crippen LogP contribution in [-0.4, -0.2) is 34.4 Å². The molecule has 1 fully saturated rings. The number of amides is 1. The van der Waals surface area contributed by atoms with Crippen LogP contribution in [0.5, 0.6) is 0 Å². The van der Waals surface area contributed by atoms with E-state index in [2.05, 4.69) is 31.1 Å². The standard InChI is InChI=1S/C15H23N3O/c1-4-8-16-12-6-9-17-13(11-12)14(19)18-10-5-7-15(18,2)3/h6,9,11H,4-5,7-8,10H2,1-3H3,(H,16,17). The van der Waals surface area contributed by atoms with Crippen LogP contribution in [0.15, 0.2) is 18.3 Å². The smallest absolute Gasteiger partial charge is 0.272 e. The summed E-state index contributed by atoms with van der Waals surface area (Å²) in [7, 11) is 0. The van der Waals surface area contributed by atoms with Gasteiger partial charge < -0.3 is 10.2 Å². The van der Waals surface area contributed by atoms with E-state index < -0.39 is 0 Å². The first kappa shape index (κ1) is 13.8. The predicted octanol–water partition coefficient (Wildman–Crippen LogP) is 2.92. The van der Waals surface area contributed by atoms with Crippen LogP contribution in [0.3, 0.4) is 0 Å². The molecule has 0 saturated carbocycles. The summed E-state index contributed by atoms with van der Waals surface area (Å²) in [5.41, 5.74) is 1.46. The first-order valence-electron chi connectivity index (χ1n) is 7.06. The Morgan fingerprint density at radius 1 is 1.53 bits per heavy atom. The minimum absolute atomic E-state index is 0.0441. The van der Waals surface area contributed by atoms with Crippen LogP contribution >= 0.6 is 0 Å². The summed E-state index contributed by atoms with van der Waals surface area (Å²) in [6.07, 6.45) is 4.90. The molecule has 1 aliphatic heterocycles. The molecular formula is C15H23N3O. The summed E-state index contributed by atoms with van der Waals surface area (Å²) in [4.78, 5) is 18.7. The number of hydrogen-bond acceptors (Lipinski definition) is 3. The number of carbonyl (C=O) groups is 1. The van der Waals surface area contributed by atoms with Crippen LogP contribution in [-0.2, 0) is 0 Å². The summed E-state index contributed by atoms with van der Waals surface area (Å²) in [5, 5.41) is 3.29. The number of anilines is 1. The number of nitrogens with zero attached hydrogens (tertiary/aromatic N) is 2. The Bertz CT molecular complexity index is 456. The van der Waals surface area contributed by atoms with E-state index >= 15 is 0 Å². The Kier molecular flexibility index (Phi) is 4.08. The summed E-state index contributed by atoms with van der Waals surface area (Å²) in [5.74, 6) is 0.0441. The summed E-state index contributed by atoms with van der Waals surface area (Å²) in [6, 6.07) is 3.76. The molecule has 2 heterocycles. The van der Waals surface area contributed by atoms with Gasteiger partial charge >= 0.3 is 0 Å². The molecule has 2 rings (SSSR count). The Morgan fingerprint density at radius 2 is 2.32 bits per heavy atom. The van der Waals surface area contributed by atoms with Gasteiger partial charge in [-0.3, -0.25) is 9.78 Å². The molecule has 1 saturated heterocycles. The second-order valence-electron chi connectivity index (χ2n) is 5.73. The van der Waals surface area contributed by atoms with Crippen molar-refractivity contribution < 1.29 is 4.79 Å². The maximum atomic E-state index is 12.5. The third kappa shape index (κ3) is 3.06.